The first kappa shape index (κ1) is 21.1. The normalized spacial score (nSPS) is 15.1. The fraction of sp³-hybridized carbons (Fsp3) is 0.222. The largest absolute Gasteiger partial charge is 0.416 e. The van der Waals surface area contributed by atoms with Gasteiger partial charge in [-0.25, -0.2) is 0 Å². The number of nitrogens with zero attached hydrogens (tertiary/aromatic N) is 1. The molecule has 0 fully saturated rings. The molecule has 2 aromatic carbocycles. The topological polar surface area (TPSA) is 87.6 Å². The van der Waals surface area contributed by atoms with E-state index < -0.39 is 21.8 Å². The van der Waals surface area contributed by atoms with Crippen molar-refractivity contribution in [2.75, 3.05) is 5.32 Å². The maximum Gasteiger partial charge on any atom is 0.416 e. The Morgan fingerprint density at radius 3 is 2.59 bits per heavy atom. The number of hydrogen-bond donors (Lipinski definition) is 2. The van der Waals surface area contributed by atoms with Crippen LogP contribution in [0, 0.1) is 0 Å². The van der Waals surface area contributed by atoms with Gasteiger partial charge in [0.05, 0.1) is 11.3 Å². The second-order valence-electron chi connectivity index (χ2n) is 6.21. The summed E-state index contributed by atoms with van der Waals surface area (Å²) >= 11 is 6.00. The molecule has 0 aliphatic carbocycles. The summed E-state index contributed by atoms with van der Waals surface area (Å²) in [5.74, 6) is -0.494. The van der Waals surface area contributed by atoms with Gasteiger partial charge in [-0.05, 0) is 29.8 Å². The lowest BCUT2D eigenvalue weighted by molar-refractivity contribution is -0.137. The van der Waals surface area contributed by atoms with Crippen LogP contribution in [0.4, 0.5) is 18.9 Å². The second-order valence-corrected chi connectivity index (χ2v) is 8.19. The van der Waals surface area contributed by atoms with Gasteiger partial charge < -0.3 is 10.6 Å². The number of anilines is 1. The van der Waals surface area contributed by atoms with E-state index >= 15 is 0 Å². The first-order valence-corrected chi connectivity index (χ1v) is 10.2. The number of nitrogens with one attached hydrogen (secondary N) is 2. The number of hydrogen-bond acceptors (Lipinski definition) is 4. The number of sulfonamides is 1. The number of amidine groups is 1. The fourth-order valence-electron chi connectivity index (χ4n) is 2.67. The van der Waals surface area contributed by atoms with Crippen molar-refractivity contribution in [2.24, 2.45) is 4.40 Å². The molecule has 0 bridgehead atoms. The van der Waals surface area contributed by atoms with E-state index in [9.17, 15) is 26.4 Å². The molecule has 6 nitrogen and oxygen atoms in total. The van der Waals surface area contributed by atoms with Crippen LogP contribution in [0.2, 0.25) is 5.02 Å². The van der Waals surface area contributed by atoms with Crippen LogP contribution in [-0.4, -0.2) is 20.2 Å². The standard InChI is InChI=1S/C18H15ClF3N3O3S/c19-13-4-2-1-3-11(13)10-23-17(26)8-7-16-24-14-9-12(18(20,21)22)5-6-15(14)29(27,28)25-16/h1-6,9H,7-8,10H2,(H,23,26)(H,24,25). The van der Waals surface area contributed by atoms with Gasteiger partial charge in [0.25, 0.3) is 10.0 Å². The van der Waals surface area contributed by atoms with Crippen LogP contribution in [0.1, 0.15) is 24.0 Å². The Balaban J connectivity index is 1.66. The Labute approximate surface area is 169 Å². The zero-order valence-electron chi connectivity index (χ0n) is 14.8. The number of fused-ring (bicyclic) bond motifs is 1. The van der Waals surface area contributed by atoms with E-state index in [1.165, 1.54) is 0 Å². The number of carbonyl (C=O) groups excluding carboxylic acids is 1. The molecule has 0 aromatic heterocycles. The van der Waals surface area contributed by atoms with E-state index in [1.807, 2.05) is 0 Å². The van der Waals surface area contributed by atoms with Gasteiger partial charge in [0, 0.05) is 24.4 Å². The maximum atomic E-state index is 12.9. The van der Waals surface area contributed by atoms with Crippen LogP contribution < -0.4 is 10.6 Å². The lowest BCUT2D eigenvalue weighted by Gasteiger charge is -2.19. The minimum atomic E-state index is -4.62. The van der Waals surface area contributed by atoms with Crippen LogP contribution in [0.25, 0.3) is 0 Å². The third kappa shape index (κ3) is 5.07. The molecule has 1 heterocycles. The van der Waals surface area contributed by atoms with Crippen LogP contribution in [-0.2, 0) is 27.5 Å². The molecule has 0 saturated carbocycles. The van der Waals surface area contributed by atoms with Gasteiger partial charge in [0.2, 0.25) is 5.91 Å². The van der Waals surface area contributed by atoms with Crippen molar-refractivity contribution < 1.29 is 26.4 Å². The molecular formula is C18H15ClF3N3O3S. The Morgan fingerprint density at radius 2 is 1.90 bits per heavy atom. The minimum Gasteiger partial charge on any atom is -0.352 e. The average molecular weight is 446 g/mol. The average Bonchev–Trinajstić information content (AvgIpc) is 2.64. The Kier molecular flexibility index (Phi) is 5.85. The zero-order valence-corrected chi connectivity index (χ0v) is 16.3. The highest BCUT2D eigenvalue weighted by atomic mass is 35.5. The summed E-state index contributed by atoms with van der Waals surface area (Å²) in [6.07, 6.45) is -4.82. The van der Waals surface area contributed by atoms with Crippen LogP contribution in [0.3, 0.4) is 0 Å². The van der Waals surface area contributed by atoms with Crippen LogP contribution in [0.5, 0.6) is 0 Å². The van der Waals surface area contributed by atoms with Gasteiger partial charge in [0.1, 0.15) is 10.7 Å². The van der Waals surface area contributed by atoms with Crippen molar-refractivity contribution in [3.8, 4) is 0 Å². The van der Waals surface area contributed by atoms with E-state index in [1.54, 1.807) is 24.3 Å². The molecule has 11 heteroatoms. The zero-order chi connectivity index (χ0) is 21.2. The van der Waals surface area contributed by atoms with E-state index in [4.69, 9.17) is 11.6 Å². The van der Waals surface area contributed by atoms with Gasteiger partial charge in [0.15, 0.2) is 0 Å². The monoisotopic (exact) mass is 445 g/mol. The number of amides is 1. The van der Waals surface area contributed by atoms with Crippen molar-refractivity contribution in [3.05, 3.63) is 58.6 Å². The molecule has 3 rings (SSSR count). The summed E-state index contributed by atoms with van der Waals surface area (Å²) in [6.45, 7) is 0.189. The molecule has 29 heavy (non-hydrogen) atoms. The predicted octanol–water partition coefficient (Wildman–Crippen LogP) is 3.97. The number of halogens is 4. The van der Waals surface area contributed by atoms with Gasteiger partial charge in [-0.2, -0.15) is 21.6 Å². The summed E-state index contributed by atoms with van der Waals surface area (Å²) in [6, 6.07) is 9.20. The number of benzene rings is 2. The fourth-order valence-corrected chi connectivity index (χ4v) is 4.02. The summed E-state index contributed by atoms with van der Waals surface area (Å²) in [4.78, 5) is 11.7. The lowest BCUT2D eigenvalue weighted by atomic mass is 10.2. The third-order valence-electron chi connectivity index (χ3n) is 4.12. The van der Waals surface area contributed by atoms with E-state index in [-0.39, 0.29) is 41.7 Å². The number of carbonyl (C=O) groups is 1. The molecule has 1 aliphatic rings. The quantitative estimate of drug-likeness (QED) is 0.729. The molecule has 2 N–H and O–H groups in total. The van der Waals surface area contributed by atoms with Gasteiger partial charge in [-0.1, -0.05) is 29.8 Å². The molecule has 154 valence electrons. The van der Waals surface area contributed by atoms with E-state index in [0.717, 1.165) is 6.07 Å². The Hall–Kier alpha value is -2.59. The molecule has 1 amide bonds. The van der Waals surface area contributed by atoms with Gasteiger partial charge in [-0.15, -0.1) is 4.40 Å². The third-order valence-corrected chi connectivity index (χ3v) is 5.86. The summed E-state index contributed by atoms with van der Waals surface area (Å²) in [5, 5.41) is 5.71. The van der Waals surface area contributed by atoms with Crippen molar-refractivity contribution >= 4 is 39.1 Å². The molecule has 0 spiro atoms. The molecule has 0 atom stereocenters. The van der Waals surface area contributed by atoms with Crippen molar-refractivity contribution in [1.29, 1.82) is 0 Å². The maximum absolute atomic E-state index is 12.9. The van der Waals surface area contributed by atoms with E-state index in [2.05, 4.69) is 15.0 Å². The van der Waals surface area contributed by atoms with Gasteiger partial charge in [-0.3, -0.25) is 4.79 Å². The summed E-state index contributed by atoms with van der Waals surface area (Å²) < 4.78 is 66.6. The predicted molar refractivity (Wildman–Crippen MR) is 102 cm³/mol. The first-order chi connectivity index (χ1) is 13.6. The first-order valence-electron chi connectivity index (χ1n) is 8.38. The Morgan fingerprint density at radius 1 is 1.17 bits per heavy atom. The molecular weight excluding hydrogens is 431 g/mol. The molecule has 0 saturated heterocycles. The van der Waals surface area contributed by atoms with Crippen LogP contribution >= 0.6 is 11.6 Å². The highest BCUT2D eigenvalue weighted by Crippen LogP contribution is 2.35. The minimum absolute atomic E-state index is 0.0940. The van der Waals surface area contributed by atoms with Crippen molar-refractivity contribution in [2.45, 2.75) is 30.5 Å². The van der Waals surface area contributed by atoms with Crippen molar-refractivity contribution in [3.63, 3.8) is 0 Å². The number of rotatable bonds is 5. The molecule has 0 unspecified atom stereocenters. The second kappa shape index (κ2) is 8.03. The lowest BCUT2D eigenvalue weighted by Crippen LogP contribution is -2.27. The van der Waals surface area contributed by atoms with Crippen molar-refractivity contribution in [1.82, 2.24) is 5.32 Å². The summed E-state index contributed by atoms with van der Waals surface area (Å²) in [5.41, 5.74) is -0.495. The number of alkyl halides is 3. The SMILES string of the molecule is O=C(CCC1=NS(=O)(=O)c2ccc(C(F)(F)F)cc2N1)NCc1ccccc1Cl. The van der Waals surface area contributed by atoms with Crippen LogP contribution in [0.15, 0.2) is 51.8 Å². The van der Waals surface area contributed by atoms with Gasteiger partial charge >= 0.3 is 6.18 Å². The van der Waals surface area contributed by atoms with E-state index in [0.29, 0.717) is 22.7 Å². The highest BCUT2D eigenvalue weighted by molar-refractivity contribution is 7.90. The Bertz CT molecular complexity index is 1090. The summed E-state index contributed by atoms with van der Waals surface area (Å²) in [7, 11) is -4.15. The molecule has 2 aromatic rings. The smallest absolute Gasteiger partial charge is 0.352 e. The molecule has 1 aliphatic heterocycles. The molecule has 0 radical (unpaired) electrons. The highest BCUT2D eigenvalue weighted by Gasteiger charge is 2.33.